The van der Waals surface area contributed by atoms with Crippen LogP contribution in [0.25, 0.3) is 11.1 Å². The molecule has 2 aromatic heterocycles. The number of carbonyl (C=O) groups excluding carboxylic acids is 1. The molecule has 0 aliphatic carbocycles. The van der Waals surface area contributed by atoms with E-state index in [9.17, 15) is 18.0 Å². The molecule has 0 N–H and O–H groups in total. The van der Waals surface area contributed by atoms with Crippen LogP contribution in [0.3, 0.4) is 0 Å². The Morgan fingerprint density at radius 3 is 2.50 bits per heavy atom. The molecule has 2 heterocycles. The van der Waals surface area contributed by atoms with Crippen LogP contribution in [-0.2, 0) is 6.42 Å². The molecule has 0 unspecified atom stereocenters. The first-order chi connectivity index (χ1) is 13.3. The zero-order valence-electron chi connectivity index (χ0n) is 14.4. The van der Waals surface area contributed by atoms with Gasteiger partial charge in [0.1, 0.15) is 0 Å². The molecule has 0 spiro atoms. The van der Waals surface area contributed by atoms with Crippen molar-refractivity contribution >= 4 is 17.4 Å². The Bertz CT molecular complexity index is 961. The molecule has 0 fully saturated rings. The maximum Gasteiger partial charge on any atom is 0.422 e. The molecular weight excluding hydrogens is 393 g/mol. The van der Waals surface area contributed by atoms with Gasteiger partial charge in [-0.3, -0.25) is 9.78 Å². The molecule has 144 valence electrons. The van der Waals surface area contributed by atoms with Crippen molar-refractivity contribution in [2.45, 2.75) is 12.6 Å². The van der Waals surface area contributed by atoms with E-state index in [4.69, 9.17) is 16.3 Å². The van der Waals surface area contributed by atoms with Crippen LogP contribution in [0.5, 0.6) is 5.88 Å². The topological polar surface area (TPSA) is 52.1 Å². The van der Waals surface area contributed by atoms with Crippen molar-refractivity contribution in [1.29, 1.82) is 0 Å². The summed E-state index contributed by atoms with van der Waals surface area (Å²) in [5.74, 6) is -0.349. The van der Waals surface area contributed by atoms with Gasteiger partial charge in [-0.15, -0.1) is 0 Å². The number of nitrogens with zero attached hydrogens (tertiary/aromatic N) is 2. The Hall–Kier alpha value is -2.93. The molecule has 0 saturated heterocycles. The summed E-state index contributed by atoms with van der Waals surface area (Å²) in [5.41, 5.74) is 1.90. The molecule has 1 aromatic carbocycles. The molecule has 0 aliphatic rings. The molecular formula is C20H14ClF3N2O2. The van der Waals surface area contributed by atoms with Crippen LogP contribution in [0.15, 0.2) is 61.1 Å². The lowest BCUT2D eigenvalue weighted by molar-refractivity contribution is -0.154. The summed E-state index contributed by atoms with van der Waals surface area (Å²) in [6.07, 6.45) is -0.118. The highest BCUT2D eigenvalue weighted by Crippen LogP contribution is 2.31. The molecule has 0 saturated carbocycles. The van der Waals surface area contributed by atoms with Gasteiger partial charge in [0, 0.05) is 41.2 Å². The van der Waals surface area contributed by atoms with Crippen molar-refractivity contribution in [2.24, 2.45) is 0 Å². The van der Waals surface area contributed by atoms with E-state index >= 15 is 0 Å². The van der Waals surface area contributed by atoms with Gasteiger partial charge >= 0.3 is 6.18 Å². The Morgan fingerprint density at radius 1 is 1.11 bits per heavy atom. The van der Waals surface area contributed by atoms with E-state index in [2.05, 4.69) is 9.97 Å². The fourth-order valence-electron chi connectivity index (χ4n) is 2.51. The maximum atomic E-state index is 12.5. The van der Waals surface area contributed by atoms with Crippen molar-refractivity contribution in [3.8, 4) is 17.0 Å². The first-order valence-electron chi connectivity index (χ1n) is 8.19. The third kappa shape index (κ3) is 5.29. The van der Waals surface area contributed by atoms with Gasteiger partial charge in [-0.1, -0.05) is 23.7 Å². The number of hydrogen-bond donors (Lipinski definition) is 0. The van der Waals surface area contributed by atoms with Gasteiger partial charge in [-0.2, -0.15) is 13.2 Å². The summed E-state index contributed by atoms with van der Waals surface area (Å²) in [4.78, 5) is 20.3. The number of Topliss-reactive ketones (excluding diaryl/α,β-unsaturated/α-hetero) is 1. The highest BCUT2D eigenvalue weighted by Gasteiger charge is 2.29. The molecule has 8 heteroatoms. The number of alkyl halides is 3. The number of rotatable bonds is 6. The zero-order chi connectivity index (χ0) is 20.1. The lowest BCUT2D eigenvalue weighted by Crippen LogP contribution is -2.20. The van der Waals surface area contributed by atoms with E-state index in [0.717, 1.165) is 0 Å². The highest BCUT2D eigenvalue weighted by atomic mass is 35.5. The zero-order valence-corrected chi connectivity index (χ0v) is 15.2. The number of ketones is 1. The Morgan fingerprint density at radius 2 is 1.86 bits per heavy atom. The van der Waals surface area contributed by atoms with E-state index in [0.29, 0.717) is 27.3 Å². The molecule has 3 rings (SSSR count). The second-order valence-corrected chi connectivity index (χ2v) is 6.39. The minimum absolute atomic E-state index is 0.0266. The number of ether oxygens (including phenoxy) is 1. The monoisotopic (exact) mass is 406 g/mol. The average molecular weight is 407 g/mol. The first kappa shape index (κ1) is 19.8. The van der Waals surface area contributed by atoms with Gasteiger partial charge in [0.05, 0.1) is 0 Å². The van der Waals surface area contributed by atoms with Crippen molar-refractivity contribution in [3.63, 3.8) is 0 Å². The number of hydrogen-bond acceptors (Lipinski definition) is 4. The predicted octanol–water partition coefficient (Wildman–Crippen LogP) is 5.16. The summed E-state index contributed by atoms with van der Waals surface area (Å²) in [6, 6.07) is 11.4. The van der Waals surface area contributed by atoms with E-state index in [-0.39, 0.29) is 18.1 Å². The average Bonchev–Trinajstić information content (AvgIpc) is 2.67. The van der Waals surface area contributed by atoms with Crippen LogP contribution in [0.1, 0.15) is 15.9 Å². The van der Waals surface area contributed by atoms with Crippen LogP contribution in [-0.4, -0.2) is 28.5 Å². The SMILES string of the molecule is O=C(Cc1cnc(OCC(F)(F)F)c(-c2ccc(Cl)cc2)c1)c1cccnc1. The third-order valence-electron chi connectivity index (χ3n) is 3.78. The second kappa shape index (κ2) is 8.39. The lowest BCUT2D eigenvalue weighted by atomic mass is 10.0. The molecule has 4 nitrogen and oxygen atoms in total. The summed E-state index contributed by atoms with van der Waals surface area (Å²) in [6.45, 7) is -1.46. The smallest absolute Gasteiger partial charge is 0.422 e. The molecule has 0 radical (unpaired) electrons. The Balaban J connectivity index is 1.91. The van der Waals surface area contributed by atoms with Crippen molar-refractivity contribution in [3.05, 3.63) is 77.2 Å². The molecule has 0 amide bonds. The minimum atomic E-state index is -4.49. The lowest BCUT2D eigenvalue weighted by Gasteiger charge is -2.14. The fourth-order valence-corrected chi connectivity index (χ4v) is 2.63. The number of carbonyl (C=O) groups is 1. The summed E-state index contributed by atoms with van der Waals surface area (Å²) in [7, 11) is 0. The Labute approximate surface area is 164 Å². The van der Waals surface area contributed by atoms with Gasteiger partial charge in [0.2, 0.25) is 5.88 Å². The van der Waals surface area contributed by atoms with E-state index < -0.39 is 12.8 Å². The van der Waals surface area contributed by atoms with Crippen LogP contribution >= 0.6 is 11.6 Å². The summed E-state index contributed by atoms with van der Waals surface area (Å²) in [5, 5.41) is 0.484. The standard InChI is InChI=1S/C20H14ClF3N2O2/c21-16-5-3-14(4-6-16)17-8-13(9-18(27)15-2-1-7-25-11-15)10-26-19(17)28-12-20(22,23)24/h1-8,10-11H,9,12H2. The molecule has 3 aromatic rings. The van der Waals surface area contributed by atoms with Crippen molar-refractivity contribution < 1.29 is 22.7 Å². The van der Waals surface area contributed by atoms with E-state index in [1.54, 1.807) is 48.7 Å². The highest BCUT2D eigenvalue weighted by molar-refractivity contribution is 6.30. The quantitative estimate of drug-likeness (QED) is 0.530. The first-order valence-corrected chi connectivity index (χ1v) is 8.57. The Kier molecular flexibility index (Phi) is 5.94. The summed E-state index contributed by atoms with van der Waals surface area (Å²) >= 11 is 5.88. The van der Waals surface area contributed by atoms with Gasteiger partial charge < -0.3 is 4.74 Å². The van der Waals surface area contributed by atoms with Gasteiger partial charge in [-0.05, 0) is 41.5 Å². The normalized spacial score (nSPS) is 11.3. The van der Waals surface area contributed by atoms with Crippen LogP contribution in [0, 0.1) is 0 Å². The predicted molar refractivity (Wildman–Crippen MR) is 98.5 cm³/mol. The molecule has 0 atom stereocenters. The fraction of sp³-hybridized carbons (Fsp3) is 0.150. The van der Waals surface area contributed by atoms with Gasteiger partial charge in [0.15, 0.2) is 12.4 Å². The van der Waals surface area contributed by atoms with Crippen molar-refractivity contribution in [2.75, 3.05) is 6.61 Å². The largest absolute Gasteiger partial charge is 0.468 e. The van der Waals surface area contributed by atoms with Crippen LogP contribution < -0.4 is 4.74 Å². The van der Waals surface area contributed by atoms with Crippen molar-refractivity contribution in [1.82, 2.24) is 9.97 Å². The van der Waals surface area contributed by atoms with Gasteiger partial charge in [0.25, 0.3) is 0 Å². The van der Waals surface area contributed by atoms with Crippen LogP contribution in [0.4, 0.5) is 13.2 Å². The molecule has 28 heavy (non-hydrogen) atoms. The second-order valence-electron chi connectivity index (χ2n) is 5.95. The van der Waals surface area contributed by atoms with E-state index in [1.165, 1.54) is 12.4 Å². The summed E-state index contributed by atoms with van der Waals surface area (Å²) < 4.78 is 42.5. The number of halogens is 4. The van der Waals surface area contributed by atoms with E-state index in [1.807, 2.05) is 0 Å². The number of pyridine rings is 2. The number of aromatic nitrogens is 2. The maximum absolute atomic E-state index is 12.5. The minimum Gasteiger partial charge on any atom is -0.468 e. The van der Waals surface area contributed by atoms with Gasteiger partial charge in [-0.25, -0.2) is 4.98 Å². The molecule has 0 aliphatic heterocycles. The molecule has 0 bridgehead atoms. The van der Waals surface area contributed by atoms with Crippen LogP contribution in [0.2, 0.25) is 5.02 Å². The third-order valence-corrected chi connectivity index (χ3v) is 4.04. The number of benzene rings is 1.